The minimum atomic E-state index is -0.803. The molecule has 0 bridgehead atoms. The van der Waals surface area contributed by atoms with Crippen LogP contribution >= 0.6 is 11.6 Å². The maximum absolute atomic E-state index is 13.4. The van der Waals surface area contributed by atoms with Crippen molar-refractivity contribution in [2.24, 2.45) is 0 Å². The van der Waals surface area contributed by atoms with Crippen LogP contribution in [0.15, 0.2) is 53.0 Å². The summed E-state index contributed by atoms with van der Waals surface area (Å²) in [6, 6.07) is 13.1. The molecule has 0 saturated carbocycles. The lowest BCUT2D eigenvalue weighted by Gasteiger charge is -2.37. The fourth-order valence-electron chi connectivity index (χ4n) is 3.91. The number of hydrogen-bond donors (Lipinski definition) is 0. The van der Waals surface area contributed by atoms with Crippen molar-refractivity contribution in [2.45, 2.75) is 6.92 Å². The zero-order valence-corrected chi connectivity index (χ0v) is 19.0. The van der Waals surface area contributed by atoms with Gasteiger partial charge >= 0.3 is 5.97 Å². The summed E-state index contributed by atoms with van der Waals surface area (Å²) in [6.07, 6.45) is 2.90. The second kappa shape index (κ2) is 9.35. The first kappa shape index (κ1) is 22.4. The minimum Gasteiger partial charge on any atom is -0.465 e. The van der Waals surface area contributed by atoms with Crippen molar-refractivity contribution in [1.29, 1.82) is 5.26 Å². The molecule has 8 nitrogen and oxygen atoms in total. The van der Waals surface area contributed by atoms with Gasteiger partial charge in [0.05, 0.1) is 12.7 Å². The lowest BCUT2D eigenvalue weighted by Crippen LogP contribution is -2.47. The molecular weight excluding hydrogens is 442 g/mol. The van der Waals surface area contributed by atoms with Crippen molar-refractivity contribution in [1.82, 2.24) is 9.38 Å². The molecule has 0 unspecified atom stereocenters. The van der Waals surface area contributed by atoms with Gasteiger partial charge in [-0.25, -0.2) is 9.78 Å². The molecule has 0 amide bonds. The predicted octanol–water partition coefficient (Wildman–Crippen LogP) is 3.06. The number of aromatic nitrogens is 2. The van der Waals surface area contributed by atoms with E-state index in [0.717, 1.165) is 11.3 Å². The van der Waals surface area contributed by atoms with Gasteiger partial charge in [-0.15, -0.1) is 0 Å². The van der Waals surface area contributed by atoms with Gasteiger partial charge in [0.15, 0.2) is 0 Å². The number of anilines is 2. The average molecular weight is 464 g/mol. The molecule has 1 fully saturated rings. The molecule has 1 aliphatic heterocycles. The maximum atomic E-state index is 13.4. The number of methoxy groups -OCH3 is 1. The molecule has 0 atom stereocenters. The molecule has 1 aromatic carbocycles. The van der Waals surface area contributed by atoms with E-state index >= 15 is 0 Å². The average Bonchev–Trinajstić information content (AvgIpc) is 2.83. The number of carbonyl (C=O) groups is 1. The Labute approximate surface area is 195 Å². The van der Waals surface area contributed by atoms with Crippen molar-refractivity contribution < 1.29 is 9.53 Å². The number of piperazine rings is 1. The van der Waals surface area contributed by atoms with Crippen LogP contribution in [0.4, 0.5) is 11.5 Å². The van der Waals surface area contributed by atoms with Crippen LogP contribution in [0.5, 0.6) is 0 Å². The fourth-order valence-corrected chi connectivity index (χ4v) is 4.09. The number of nitrogens with zero attached hydrogens (tertiary/aromatic N) is 5. The summed E-state index contributed by atoms with van der Waals surface area (Å²) in [5, 5.41) is 10.1. The number of halogens is 1. The van der Waals surface area contributed by atoms with Gasteiger partial charge in [0, 0.05) is 43.1 Å². The van der Waals surface area contributed by atoms with E-state index in [9.17, 15) is 14.9 Å². The number of rotatable bonds is 4. The molecule has 2 aromatic heterocycles. The van der Waals surface area contributed by atoms with Crippen LogP contribution in [0, 0.1) is 18.3 Å². The summed E-state index contributed by atoms with van der Waals surface area (Å²) in [5.74, 6) is -0.361. The largest absolute Gasteiger partial charge is 0.465 e. The Balaban J connectivity index is 1.77. The monoisotopic (exact) mass is 463 g/mol. The van der Waals surface area contributed by atoms with Gasteiger partial charge in [-0.2, -0.15) is 5.26 Å². The molecule has 9 heteroatoms. The molecule has 4 rings (SSSR count). The summed E-state index contributed by atoms with van der Waals surface area (Å²) in [4.78, 5) is 34.4. The molecule has 3 aromatic rings. The Bertz CT molecular complexity index is 1350. The first-order chi connectivity index (χ1) is 15.9. The van der Waals surface area contributed by atoms with Crippen molar-refractivity contribution in [3.8, 4) is 6.07 Å². The number of aryl methyl sites for hydroxylation is 1. The van der Waals surface area contributed by atoms with Gasteiger partial charge in [0.25, 0.3) is 5.56 Å². The molecule has 0 radical (unpaired) electrons. The van der Waals surface area contributed by atoms with Gasteiger partial charge in [-0.1, -0.05) is 23.7 Å². The summed E-state index contributed by atoms with van der Waals surface area (Å²) < 4.78 is 6.12. The summed E-state index contributed by atoms with van der Waals surface area (Å²) in [5.41, 5.74) is 1.97. The van der Waals surface area contributed by atoms with Crippen LogP contribution in [-0.2, 0) is 9.53 Å². The number of esters is 1. The van der Waals surface area contributed by atoms with Crippen LogP contribution in [0.25, 0.3) is 11.7 Å². The number of carbonyl (C=O) groups excluding carboxylic acids is 1. The summed E-state index contributed by atoms with van der Waals surface area (Å²) >= 11 is 6.14. The van der Waals surface area contributed by atoms with Gasteiger partial charge in [0.2, 0.25) is 0 Å². The van der Waals surface area contributed by atoms with Crippen molar-refractivity contribution in [3.05, 3.63) is 74.7 Å². The number of ether oxygens (including phenoxy) is 1. The first-order valence-electron chi connectivity index (χ1n) is 10.4. The fraction of sp³-hybridized carbons (Fsp3) is 0.250. The van der Waals surface area contributed by atoms with Crippen LogP contribution in [0.3, 0.4) is 0 Å². The van der Waals surface area contributed by atoms with Crippen molar-refractivity contribution in [2.75, 3.05) is 43.1 Å². The smallest absolute Gasteiger partial charge is 0.348 e. The zero-order valence-electron chi connectivity index (χ0n) is 18.3. The summed E-state index contributed by atoms with van der Waals surface area (Å²) in [6.45, 7) is 4.47. The Hall–Kier alpha value is -3.83. The van der Waals surface area contributed by atoms with E-state index in [1.165, 1.54) is 17.6 Å². The van der Waals surface area contributed by atoms with Crippen molar-refractivity contribution in [3.63, 3.8) is 0 Å². The van der Waals surface area contributed by atoms with Crippen LogP contribution < -0.4 is 15.4 Å². The zero-order chi connectivity index (χ0) is 23.5. The predicted molar refractivity (Wildman–Crippen MR) is 128 cm³/mol. The highest BCUT2D eigenvalue weighted by molar-refractivity contribution is 6.30. The Morgan fingerprint density at radius 1 is 1.18 bits per heavy atom. The first-order valence-corrected chi connectivity index (χ1v) is 10.8. The number of hydrogen-bond acceptors (Lipinski definition) is 7. The third-order valence-electron chi connectivity index (χ3n) is 5.63. The van der Waals surface area contributed by atoms with E-state index in [1.54, 1.807) is 12.3 Å². The molecule has 0 aliphatic carbocycles. The minimum absolute atomic E-state index is 0.177. The highest BCUT2D eigenvalue weighted by Gasteiger charge is 2.24. The lowest BCUT2D eigenvalue weighted by atomic mass is 10.1. The summed E-state index contributed by atoms with van der Waals surface area (Å²) in [7, 11) is 1.19. The number of nitriles is 1. The normalized spacial score (nSPS) is 14.3. The highest BCUT2D eigenvalue weighted by atomic mass is 35.5. The molecule has 1 aliphatic rings. The molecule has 33 heavy (non-hydrogen) atoms. The Morgan fingerprint density at radius 3 is 2.58 bits per heavy atom. The van der Waals surface area contributed by atoms with Crippen LogP contribution in [-0.4, -0.2) is 48.6 Å². The van der Waals surface area contributed by atoms with E-state index in [-0.39, 0.29) is 16.7 Å². The van der Waals surface area contributed by atoms with Gasteiger partial charge in [0.1, 0.15) is 23.1 Å². The third-order valence-corrected chi connectivity index (χ3v) is 5.87. The van der Waals surface area contributed by atoms with Gasteiger partial charge in [-0.3, -0.25) is 9.20 Å². The topological polar surface area (TPSA) is 90.9 Å². The molecule has 1 saturated heterocycles. The standard InChI is InChI=1S/C24H22ClN5O3/c1-16-5-4-8-30-21(16)27-22(20(23(30)31)13-17(15-26)24(32)33-2)29-11-9-28(10-12-29)19-7-3-6-18(25)14-19/h3-8,13-14H,9-12H2,1-2H3. The van der Waals surface area contributed by atoms with E-state index in [2.05, 4.69) is 9.64 Å². The quantitative estimate of drug-likeness (QED) is 0.333. The second-order valence-electron chi connectivity index (χ2n) is 7.65. The molecule has 0 N–H and O–H groups in total. The molecule has 3 heterocycles. The van der Waals surface area contributed by atoms with E-state index in [0.29, 0.717) is 42.7 Å². The third kappa shape index (κ3) is 4.41. The van der Waals surface area contributed by atoms with E-state index in [1.807, 2.05) is 48.2 Å². The Morgan fingerprint density at radius 2 is 1.91 bits per heavy atom. The highest BCUT2D eigenvalue weighted by Crippen LogP contribution is 2.25. The van der Waals surface area contributed by atoms with Crippen LogP contribution in [0.1, 0.15) is 11.1 Å². The number of pyridine rings is 1. The van der Waals surface area contributed by atoms with Gasteiger partial charge < -0.3 is 14.5 Å². The maximum Gasteiger partial charge on any atom is 0.348 e. The van der Waals surface area contributed by atoms with Crippen molar-refractivity contribution >= 4 is 40.8 Å². The number of fused-ring (bicyclic) bond motifs is 1. The van der Waals surface area contributed by atoms with Crippen LogP contribution in [0.2, 0.25) is 5.02 Å². The van der Waals surface area contributed by atoms with Gasteiger partial charge in [-0.05, 0) is 42.8 Å². The van der Waals surface area contributed by atoms with E-state index in [4.69, 9.17) is 16.6 Å². The number of benzene rings is 1. The SMILES string of the molecule is COC(=O)C(C#N)=Cc1c(N2CCN(c3cccc(Cl)c3)CC2)nc2c(C)cccn2c1=O. The molecule has 0 spiro atoms. The van der Waals surface area contributed by atoms with E-state index < -0.39 is 5.97 Å². The molecule has 168 valence electrons. The lowest BCUT2D eigenvalue weighted by molar-refractivity contribution is -0.135. The molecular formula is C24H22ClN5O3. The Kier molecular flexibility index (Phi) is 6.33. The second-order valence-corrected chi connectivity index (χ2v) is 8.09.